The van der Waals surface area contributed by atoms with Crippen molar-refractivity contribution < 1.29 is 27.2 Å². The summed E-state index contributed by atoms with van der Waals surface area (Å²) in [6.07, 6.45) is -3.24. The molecule has 0 bridgehead atoms. The number of nitrogens with one attached hydrogen (secondary N) is 3. The van der Waals surface area contributed by atoms with Gasteiger partial charge >= 0.3 is 18.1 Å². The molecule has 0 aliphatic heterocycles. The molecule has 0 atom stereocenters. The van der Waals surface area contributed by atoms with Crippen molar-refractivity contribution in [2.45, 2.75) is 6.18 Å². The van der Waals surface area contributed by atoms with Crippen LogP contribution in [0.4, 0.5) is 23.7 Å². The van der Waals surface area contributed by atoms with Crippen LogP contribution in [0.3, 0.4) is 0 Å². The molecule has 3 N–H and O–H groups in total. The molecule has 0 aliphatic carbocycles. The van der Waals surface area contributed by atoms with Gasteiger partial charge < -0.3 is 9.73 Å². The molecule has 3 amide bonds. The van der Waals surface area contributed by atoms with Crippen LogP contribution in [0, 0.1) is 0 Å². The fourth-order valence-electron chi connectivity index (χ4n) is 1.52. The van der Waals surface area contributed by atoms with E-state index in [-0.39, 0.29) is 11.4 Å². The maximum Gasteiger partial charge on any atom is 0.416 e. The average Bonchev–Trinajstić information content (AvgIpc) is 2.98. The first-order valence-electron chi connectivity index (χ1n) is 5.94. The van der Waals surface area contributed by atoms with Crippen LogP contribution in [0.5, 0.6) is 0 Å². The van der Waals surface area contributed by atoms with Crippen LogP contribution in [-0.2, 0) is 6.18 Å². The number of alkyl halides is 3. The Labute approximate surface area is 122 Å². The maximum absolute atomic E-state index is 12.5. The fraction of sp³-hybridized carbons (Fsp3) is 0.0769. The van der Waals surface area contributed by atoms with Gasteiger partial charge in [-0.1, -0.05) is 6.07 Å². The van der Waals surface area contributed by atoms with Crippen molar-refractivity contribution in [2.75, 3.05) is 5.32 Å². The lowest BCUT2D eigenvalue weighted by Gasteiger charge is -2.10. The van der Waals surface area contributed by atoms with Crippen molar-refractivity contribution in [3.8, 4) is 0 Å². The number of hydrogen-bond donors (Lipinski definition) is 3. The number of furan rings is 1. The van der Waals surface area contributed by atoms with Crippen LogP contribution in [0.2, 0.25) is 0 Å². The summed E-state index contributed by atoms with van der Waals surface area (Å²) in [5.41, 5.74) is 3.05. The van der Waals surface area contributed by atoms with E-state index in [1.807, 2.05) is 10.9 Å². The number of amides is 3. The van der Waals surface area contributed by atoms with E-state index in [9.17, 15) is 22.8 Å². The van der Waals surface area contributed by atoms with Gasteiger partial charge in [-0.05, 0) is 30.3 Å². The molecule has 0 radical (unpaired) electrons. The first kappa shape index (κ1) is 15.4. The molecule has 2 rings (SSSR count). The second-order valence-corrected chi connectivity index (χ2v) is 4.09. The van der Waals surface area contributed by atoms with Crippen molar-refractivity contribution in [1.29, 1.82) is 0 Å². The highest BCUT2D eigenvalue weighted by molar-refractivity contribution is 5.95. The molecule has 6 nitrogen and oxygen atoms in total. The van der Waals surface area contributed by atoms with E-state index in [0.29, 0.717) is 0 Å². The Kier molecular flexibility index (Phi) is 4.35. The van der Waals surface area contributed by atoms with Gasteiger partial charge in [0.25, 0.3) is 0 Å². The molecular weight excluding hydrogens is 303 g/mol. The zero-order chi connectivity index (χ0) is 16.2. The van der Waals surface area contributed by atoms with Gasteiger partial charge in [-0.25, -0.2) is 10.2 Å². The van der Waals surface area contributed by atoms with Crippen LogP contribution >= 0.6 is 0 Å². The maximum atomic E-state index is 12.5. The van der Waals surface area contributed by atoms with Gasteiger partial charge in [-0.2, -0.15) is 13.2 Å². The third kappa shape index (κ3) is 4.01. The highest BCUT2D eigenvalue weighted by Crippen LogP contribution is 2.30. The van der Waals surface area contributed by atoms with Crippen molar-refractivity contribution in [2.24, 2.45) is 0 Å². The molecule has 1 aromatic carbocycles. The predicted molar refractivity (Wildman–Crippen MR) is 69.8 cm³/mol. The number of anilines is 1. The van der Waals surface area contributed by atoms with Gasteiger partial charge in [0.05, 0.1) is 11.8 Å². The minimum Gasteiger partial charge on any atom is -0.459 e. The normalized spacial score (nSPS) is 10.9. The summed E-state index contributed by atoms with van der Waals surface area (Å²) >= 11 is 0. The number of urea groups is 1. The third-order valence-electron chi connectivity index (χ3n) is 2.48. The molecule has 0 saturated carbocycles. The Morgan fingerprint density at radius 3 is 2.45 bits per heavy atom. The second kappa shape index (κ2) is 6.20. The number of hydrogen-bond acceptors (Lipinski definition) is 3. The van der Waals surface area contributed by atoms with Gasteiger partial charge in [0.1, 0.15) is 0 Å². The van der Waals surface area contributed by atoms with E-state index in [0.717, 1.165) is 18.2 Å². The van der Waals surface area contributed by atoms with Crippen molar-refractivity contribution in [1.82, 2.24) is 10.9 Å². The van der Waals surface area contributed by atoms with Gasteiger partial charge in [0, 0.05) is 5.69 Å². The Hall–Kier alpha value is -2.97. The number of hydrazine groups is 1. The number of benzene rings is 1. The Morgan fingerprint density at radius 2 is 1.82 bits per heavy atom. The van der Waals surface area contributed by atoms with Crippen LogP contribution in [0.1, 0.15) is 16.1 Å². The van der Waals surface area contributed by atoms with E-state index in [2.05, 4.69) is 5.32 Å². The van der Waals surface area contributed by atoms with Crippen LogP contribution in [0.25, 0.3) is 0 Å². The molecule has 0 aliphatic rings. The van der Waals surface area contributed by atoms with E-state index < -0.39 is 23.7 Å². The summed E-state index contributed by atoms with van der Waals surface area (Å²) in [4.78, 5) is 23.0. The fourth-order valence-corrected chi connectivity index (χ4v) is 1.52. The van der Waals surface area contributed by atoms with E-state index in [1.54, 1.807) is 0 Å². The highest BCUT2D eigenvalue weighted by Gasteiger charge is 2.30. The third-order valence-corrected chi connectivity index (χ3v) is 2.48. The van der Waals surface area contributed by atoms with Crippen LogP contribution in [-0.4, -0.2) is 11.9 Å². The monoisotopic (exact) mass is 313 g/mol. The molecule has 0 fully saturated rings. The lowest BCUT2D eigenvalue weighted by atomic mass is 10.2. The van der Waals surface area contributed by atoms with Crippen LogP contribution in [0.15, 0.2) is 47.1 Å². The summed E-state index contributed by atoms with van der Waals surface area (Å²) in [7, 11) is 0. The molecular formula is C13H10F3N3O3. The number of carbonyl (C=O) groups is 2. The molecule has 9 heteroatoms. The van der Waals surface area contributed by atoms with Gasteiger partial charge in [-0.15, -0.1) is 0 Å². The smallest absolute Gasteiger partial charge is 0.416 e. The molecule has 1 heterocycles. The van der Waals surface area contributed by atoms with Crippen LogP contribution < -0.4 is 16.2 Å². The first-order valence-corrected chi connectivity index (χ1v) is 5.94. The molecule has 22 heavy (non-hydrogen) atoms. The van der Waals surface area contributed by atoms with E-state index in [4.69, 9.17) is 4.42 Å². The average molecular weight is 313 g/mol. The minimum absolute atomic E-state index is 0.0284. The van der Waals surface area contributed by atoms with Gasteiger partial charge in [0.2, 0.25) is 0 Å². The van der Waals surface area contributed by atoms with Gasteiger partial charge in [0.15, 0.2) is 5.76 Å². The van der Waals surface area contributed by atoms with E-state index in [1.165, 1.54) is 24.5 Å². The lowest BCUT2D eigenvalue weighted by Crippen LogP contribution is -2.43. The van der Waals surface area contributed by atoms with Crippen molar-refractivity contribution in [3.63, 3.8) is 0 Å². The van der Waals surface area contributed by atoms with Crippen molar-refractivity contribution >= 4 is 17.6 Å². The first-order chi connectivity index (χ1) is 10.4. The summed E-state index contributed by atoms with van der Waals surface area (Å²) in [5, 5.41) is 2.16. The molecule has 0 spiro atoms. The summed E-state index contributed by atoms with van der Waals surface area (Å²) in [6.45, 7) is 0. The summed E-state index contributed by atoms with van der Waals surface area (Å²) in [6, 6.07) is 6.04. The second-order valence-electron chi connectivity index (χ2n) is 4.09. The predicted octanol–water partition coefficient (Wildman–Crippen LogP) is 2.76. The standard InChI is InChI=1S/C13H10F3N3O3/c14-13(15,16)8-3-1-4-9(7-8)17-12(21)19-18-11(20)10-5-2-6-22-10/h1-7H,(H,18,20)(H2,17,19,21). The quantitative estimate of drug-likeness (QED) is 0.745. The van der Waals surface area contributed by atoms with E-state index >= 15 is 0 Å². The van der Waals surface area contributed by atoms with Crippen molar-refractivity contribution in [3.05, 3.63) is 54.0 Å². The molecule has 0 unspecified atom stereocenters. The Bertz CT molecular complexity index is 669. The summed E-state index contributed by atoms with van der Waals surface area (Å²) < 4.78 is 42.4. The number of carbonyl (C=O) groups excluding carboxylic acids is 2. The Morgan fingerprint density at radius 1 is 1.05 bits per heavy atom. The van der Waals surface area contributed by atoms with Gasteiger partial charge in [-0.3, -0.25) is 10.2 Å². The molecule has 2 aromatic rings. The highest BCUT2D eigenvalue weighted by atomic mass is 19.4. The minimum atomic E-state index is -4.51. The molecule has 0 saturated heterocycles. The molecule has 116 valence electrons. The largest absolute Gasteiger partial charge is 0.459 e. The SMILES string of the molecule is O=C(NNC(=O)c1ccco1)Nc1cccc(C(F)(F)F)c1. The summed E-state index contributed by atoms with van der Waals surface area (Å²) in [5.74, 6) is -0.733. The number of rotatable bonds is 2. The molecule has 1 aromatic heterocycles. The zero-order valence-corrected chi connectivity index (χ0v) is 10.9. The zero-order valence-electron chi connectivity index (χ0n) is 10.9. The lowest BCUT2D eigenvalue weighted by molar-refractivity contribution is -0.137. The topological polar surface area (TPSA) is 83.4 Å². The Balaban J connectivity index is 1.91. The number of halogens is 3.